The van der Waals surface area contributed by atoms with Crippen LogP contribution in [0.3, 0.4) is 0 Å². The number of benzene rings is 2. The number of carboxylic acids is 1. The fraction of sp³-hybridized carbons (Fsp3) is 0.190. The number of piperazine rings is 1. The standard InChI is InChI=1S/C21H20ClN3O4S2/c22-16-4-6-17(7-5-16)24-9-11-25(12-10-24)19-8-3-15(21(26)27)14-18(19)23-31(28,29)20-2-1-13-30-20/h1-8,13-14,23H,9-12H2,(H,26,27). The number of hydrogen-bond acceptors (Lipinski definition) is 6. The van der Waals surface area contributed by atoms with Gasteiger partial charge in [0.15, 0.2) is 0 Å². The minimum Gasteiger partial charge on any atom is -0.478 e. The highest BCUT2D eigenvalue weighted by Gasteiger charge is 2.23. The first-order valence-electron chi connectivity index (χ1n) is 9.52. The van der Waals surface area contributed by atoms with Crippen LogP contribution in [0.25, 0.3) is 0 Å². The van der Waals surface area contributed by atoms with E-state index in [4.69, 9.17) is 11.6 Å². The third-order valence-corrected chi connectivity index (χ3v) is 8.07. The highest BCUT2D eigenvalue weighted by molar-refractivity contribution is 7.94. The average molecular weight is 478 g/mol. The summed E-state index contributed by atoms with van der Waals surface area (Å²) < 4.78 is 28.3. The molecule has 162 valence electrons. The zero-order valence-electron chi connectivity index (χ0n) is 16.4. The van der Waals surface area contributed by atoms with Gasteiger partial charge in [-0.05, 0) is 53.9 Å². The average Bonchev–Trinajstić information content (AvgIpc) is 3.30. The molecule has 1 saturated heterocycles. The molecule has 1 aromatic heterocycles. The molecule has 7 nitrogen and oxygen atoms in total. The minimum atomic E-state index is -3.81. The van der Waals surface area contributed by atoms with E-state index in [0.29, 0.717) is 23.8 Å². The Morgan fingerprint density at radius 2 is 1.68 bits per heavy atom. The summed E-state index contributed by atoms with van der Waals surface area (Å²) in [5.41, 5.74) is 2.01. The molecule has 0 spiro atoms. The van der Waals surface area contributed by atoms with Gasteiger partial charge in [-0.3, -0.25) is 4.72 Å². The molecule has 1 aliphatic heterocycles. The van der Waals surface area contributed by atoms with Crippen molar-refractivity contribution in [1.82, 2.24) is 0 Å². The third-order valence-electron chi connectivity index (χ3n) is 5.06. The van der Waals surface area contributed by atoms with E-state index in [1.807, 2.05) is 24.3 Å². The molecule has 3 aromatic rings. The van der Waals surface area contributed by atoms with Crippen LogP contribution in [0, 0.1) is 0 Å². The smallest absolute Gasteiger partial charge is 0.335 e. The lowest BCUT2D eigenvalue weighted by atomic mass is 10.1. The molecule has 0 saturated carbocycles. The normalized spacial score (nSPS) is 14.5. The van der Waals surface area contributed by atoms with Crippen molar-refractivity contribution in [2.24, 2.45) is 0 Å². The lowest BCUT2D eigenvalue weighted by Crippen LogP contribution is -2.46. The molecule has 0 radical (unpaired) electrons. The minimum absolute atomic E-state index is 0.0208. The molecule has 4 rings (SSSR count). The second-order valence-electron chi connectivity index (χ2n) is 7.03. The van der Waals surface area contributed by atoms with E-state index >= 15 is 0 Å². The van der Waals surface area contributed by atoms with Crippen LogP contribution in [-0.2, 0) is 10.0 Å². The third kappa shape index (κ3) is 4.79. The molecular formula is C21H20ClN3O4S2. The van der Waals surface area contributed by atoms with Crippen LogP contribution in [0.1, 0.15) is 10.4 Å². The number of nitrogens with one attached hydrogen (secondary N) is 1. The molecule has 10 heteroatoms. The van der Waals surface area contributed by atoms with Gasteiger partial charge in [0.1, 0.15) is 4.21 Å². The Balaban J connectivity index is 1.58. The Labute approximate surface area is 189 Å². The number of carbonyl (C=O) groups is 1. The highest BCUT2D eigenvalue weighted by Crippen LogP contribution is 2.32. The van der Waals surface area contributed by atoms with E-state index in [0.717, 1.165) is 30.1 Å². The van der Waals surface area contributed by atoms with Crippen LogP contribution in [0.2, 0.25) is 5.02 Å². The van der Waals surface area contributed by atoms with Crippen molar-refractivity contribution in [1.29, 1.82) is 0 Å². The van der Waals surface area contributed by atoms with Crippen molar-refractivity contribution < 1.29 is 18.3 Å². The summed E-state index contributed by atoms with van der Waals surface area (Å²) in [6, 6.07) is 15.3. The first-order valence-corrected chi connectivity index (χ1v) is 12.3. The van der Waals surface area contributed by atoms with Crippen molar-refractivity contribution in [3.63, 3.8) is 0 Å². The number of nitrogens with zero attached hydrogens (tertiary/aromatic N) is 2. The van der Waals surface area contributed by atoms with Gasteiger partial charge in [0.05, 0.1) is 16.9 Å². The Hall–Kier alpha value is -2.75. The van der Waals surface area contributed by atoms with Crippen molar-refractivity contribution in [2.75, 3.05) is 40.7 Å². The van der Waals surface area contributed by atoms with E-state index in [2.05, 4.69) is 14.5 Å². The summed E-state index contributed by atoms with van der Waals surface area (Å²) in [6.07, 6.45) is 0. The molecule has 0 unspecified atom stereocenters. The van der Waals surface area contributed by atoms with Gasteiger partial charge in [0.2, 0.25) is 0 Å². The lowest BCUT2D eigenvalue weighted by molar-refractivity contribution is 0.0697. The number of rotatable bonds is 6. The van der Waals surface area contributed by atoms with Gasteiger partial charge >= 0.3 is 5.97 Å². The molecule has 1 aliphatic rings. The summed E-state index contributed by atoms with van der Waals surface area (Å²) in [5.74, 6) is -1.12. The maximum Gasteiger partial charge on any atom is 0.335 e. The Bertz CT molecular complexity index is 1170. The van der Waals surface area contributed by atoms with E-state index in [9.17, 15) is 18.3 Å². The fourth-order valence-corrected chi connectivity index (χ4v) is 5.68. The fourth-order valence-electron chi connectivity index (χ4n) is 3.50. The molecular weight excluding hydrogens is 458 g/mol. The van der Waals surface area contributed by atoms with Crippen LogP contribution >= 0.6 is 22.9 Å². The van der Waals surface area contributed by atoms with Crippen LogP contribution in [0.15, 0.2) is 64.2 Å². The molecule has 0 amide bonds. The summed E-state index contributed by atoms with van der Waals surface area (Å²) in [4.78, 5) is 15.7. The maximum atomic E-state index is 12.8. The Morgan fingerprint density at radius 3 is 2.29 bits per heavy atom. The van der Waals surface area contributed by atoms with Gasteiger partial charge < -0.3 is 14.9 Å². The van der Waals surface area contributed by atoms with E-state index in [1.165, 1.54) is 18.2 Å². The van der Waals surface area contributed by atoms with Crippen LogP contribution in [0.5, 0.6) is 0 Å². The van der Waals surface area contributed by atoms with Crippen LogP contribution in [-0.4, -0.2) is 45.7 Å². The second kappa shape index (κ2) is 8.78. The van der Waals surface area contributed by atoms with Gasteiger partial charge in [-0.15, -0.1) is 11.3 Å². The molecule has 0 atom stereocenters. The molecule has 0 aliphatic carbocycles. The highest BCUT2D eigenvalue weighted by atomic mass is 35.5. The monoisotopic (exact) mass is 477 g/mol. The van der Waals surface area contributed by atoms with Crippen molar-refractivity contribution in [3.8, 4) is 0 Å². The molecule has 2 aromatic carbocycles. The summed E-state index contributed by atoms with van der Waals surface area (Å²) >= 11 is 7.08. The molecule has 31 heavy (non-hydrogen) atoms. The number of aromatic carboxylic acids is 1. The second-order valence-corrected chi connectivity index (χ2v) is 10.3. The largest absolute Gasteiger partial charge is 0.478 e. The van der Waals surface area contributed by atoms with Crippen molar-refractivity contribution >= 4 is 56.0 Å². The molecule has 2 N–H and O–H groups in total. The maximum absolute atomic E-state index is 12.8. The van der Waals surface area contributed by atoms with E-state index in [-0.39, 0.29) is 15.5 Å². The summed E-state index contributed by atoms with van der Waals surface area (Å²) in [5, 5.41) is 11.7. The number of hydrogen-bond donors (Lipinski definition) is 2. The number of thiophene rings is 1. The van der Waals surface area contributed by atoms with Crippen LogP contribution < -0.4 is 14.5 Å². The number of anilines is 3. The van der Waals surface area contributed by atoms with Crippen molar-refractivity contribution in [3.05, 3.63) is 70.6 Å². The quantitative estimate of drug-likeness (QED) is 0.552. The zero-order chi connectivity index (χ0) is 22.0. The molecule has 1 fully saturated rings. The van der Waals surface area contributed by atoms with Gasteiger partial charge in [-0.2, -0.15) is 0 Å². The number of sulfonamides is 1. The predicted molar refractivity (Wildman–Crippen MR) is 124 cm³/mol. The first kappa shape index (κ1) is 21.5. The predicted octanol–water partition coefficient (Wildman–Crippen LogP) is 4.23. The summed E-state index contributed by atoms with van der Waals surface area (Å²) in [7, 11) is -3.81. The lowest BCUT2D eigenvalue weighted by Gasteiger charge is -2.38. The number of halogens is 1. The zero-order valence-corrected chi connectivity index (χ0v) is 18.8. The van der Waals surface area contributed by atoms with Gasteiger partial charge in [0.25, 0.3) is 10.0 Å². The first-order chi connectivity index (χ1) is 14.8. The van der Waals surface area contributed by atoms with Gasteiger partial charge in [0, 0.05) is 36.9 Å². The summed E-state index contributed by atoms with van der Waals surface area (Å²) in [6.45, 7) is 2.78. The van der Waals surface area contributed by atoms with Gasteiger partial charge in [-0.1, -0.05) is 17.7 Å². The van der Waals surface area contributed by atoms with Crippen molar-refractivity contribution in [2.45, 2.75) is 4.21 Å². The molecule has 0 bridgehead atoms. The SMILES string of the molecule is O=C(O)c1ccc(N2CCN(c3ccc(Cl)cc3)CC2)c(NS(=O)(=O)c2cccs2)c1. The van der Waals surface area contributed by atoms with Crippen LogP contribution in [0.4, 0.5) is 17.1 Å². The van der Waals surface area contributed by atoms with E-state index < -0.39 is 16.0 Å². The topological polar surface area (TPSA) is 89.9 Å². The molecule has 2 heterocycles. The Morgan fingerprint density at radius 1 is 1.00 bits per heavy atom. The Kier molecular flexibility index (Phi) is 6.08. The van der Waals surface area contributed by atoms with E-state index in [1.54, 1.807) is 17.5 Å². The number of carboxylic acid groups (broad SMARTS) is 1. The van der Waals surface area contributed by atoms with Gasteiger partial charge in [-0.25, -0.2) is 13.2 Å².